The molecule has 19 heavy (non-hydrogen) atoms. The van der Waals surface area contributed by atoms with E-state index in [0.29, 0.717) is 30.7 Å². The molecule has 0 unspecified atom stereocenters. The zero-order chi connectivity index (χ0) is 13.8. The van der Waals surface area contributed by atoms with E-state index in [0.717, 1.165) is 0 Å². The van der Waals surface area contributed by atoms with Crippen LogP contribution in [0.5, 0.6) is 0 Å². The summed E-state index contributed by atoms with van der Waals surface area (Å²) in [5.74, 6) is 1.39. The van der Waals surface area contributed by atoms with E-state index in [2.05, 4.69) is 61.4 Å². The van der Waals surface area contributed by atoms with E-state index in [-0.39, 0.29) is 0 Å². The summed E-state index contributed by atoms with van der Waals surface area (Å²) < 4.78 is 5.29. The molecule has 4 heteroatoms. The lowest BCUT2D eigenvalue weighted by molar-refractivity contribution is 0.376. The second-order valence-corrected chi connectivity index (χ2v) is 5.25. The molecule has 1 N–H and O–H groups in total. The molecule has 0 amide bonds. The Morgan fingerprint density at radius 3 is 2.79 bits per heavy atom. The van der Waals surface area contributed by atoms with Crippen LogP contribution in [0.2, 0.25) is 0 Å². The average Bonchev–Trinajstić information content (AvgIpc) is 2.79. The topological polar surface area (TPSA) is 51.0 Å². The molecule has 1 heterocycles. The summed E-state index contributed by atoms with van der Waals surface area (Å²) in [7, 11) is 0. The number of aryl methyl sites for hydroxylation is 2. The van der Waals surface area contributed by atoms with E-state index < -0.39 is 0 Å². The summed E-state index contributed by atoms with van der Waals surface area (Å²) >= 11 is 0. The summed E-state index contributed by atoms with van der Waals surface area (Å²) in [6.45, 7) is 9.03. The van der Waals surface area contributed by atoms with Crippen LogP contribution in [0.25, 0.3) is 0 Å². The maximum atomic E-state index is 5.29. The molecule has 0 aliphatic heterocycles. The number of rotatable bonds is 5. The highest BCUT2D eigenvalue weighted by Crippen LogP contribution is 2.14. The maximum absolute atomic E-state index is 5.29. The minimum atomic E-state index is 0.418. The lowest BCUT2D eigenvalue weighted by Crippen LogP contribution is -2.22. The van der Waals surface area contributed by atoms with Gasteiger partial charge in [-0.1, -0.05) is 42.8 Å². The highest BCUT2D eigenvalue weighted by molar-refractivity contribution is 5.32. The Labute approximate surface area is 114 Å². The first-order valence-corrected chi connectivity index (χ1v) is 6.65. The van der Waals surface area contributed by atoms with E-state index in [1.54, 1.807) is 0 Å². The third-order valence-electron chi connectivity index (χ3n) is 3.02. The molecule has 0 saturated carbocycles. The van der Waals surface area contributed by atoms with Crippen molar-refractivity contribution in [1.29, 1.82) is 0 Å². The van der Waals surface area contributed by atoms with Crippen molar-refractivity contribution in [2.24, 2.45) is 0 Å². The molecular formula is C15H21N3O. The Hall–Kier alpha value is -1.68. The SMILES string of the molecule is Cc1ccc(C)c(Cc2nc(CNC(C)C)no2)c1. The summed E-state index contributed by atoms with van der Waals surface area (Å²) in [6, 6.07) is 6.83. The van der Waals surface area contributed by atoms with Crippen molar-refractivity contribution < 1.29 is 4.52 Å². The predicted octanol–water partition coefficient (Wildman–Crippen LogP) is 2.78. The van der Waals surface area contributed by atoms with Crippen molar-refractivity contribution >= 4 is 0 Å². The van der Waals surface area contributed by atoms with Crippen molar-refractivity contribution in [3.8, 4) is 0 Å². The van der Waals surface area contributed by atoms with Gasteiger partial charge in [-0.25, -0.2) is 0 Å². The van der Waals surface area contributed by atoms with Crippen molar-refractivity contribution in [2.45, 2.75) is 46.7 Å². The molecule has 1 aromatic carbocycles. The smallest absolute Gasteiger partial charge is 0.231 e. The van der Waals surface area contributed by atoms with Gasteiger partial charge in [0.1, 0.15) is 0 Å². The van der Waals surface area contributed by atoms with E-state index >= 15 is 0 Å². The Bertz CT molecular complexity index is 546. The molecule has 2 aromatic rings. The first-order valence-electron chi connectivity index (χ1n) is 6.65. The largest absolute Gasteiger partial charge is 0.339 e. The van der Waals surface area contributed by atoms with Crippen LogP contribution in [-0.4, -0.2) is 16.2 Å². The van der Waals surface area contributed by atoms with Crippen molar-refractivity contribution in [3.63, 3.8) is 0 Å². The molecule has 0 saturated heterocycles. The van der Waals surface area contributed by atoms with Gasteiger partial charge in [0.25, 0.3) is 0 Å². The quantitative estimate of drug-likeness (QED) is 0.897. The van der Waals surface area contributed by atoms with Crippen LogP contribution in [-0.2, 0) is 13.0 Å². The van der Waals surface area contributed by atoms with Crippen LogP contribution in [0, 0.1) is 13.8 Å². The van der Waals surface area contributed by atoms with Gasteiger partial charge in [-0.05, 0) is 25.0 Å². The first kappa shape index (κ1) is 13.7. The number of nitrogens with one attached hydrogen (secondary N) is 1. The lowest BCUT2D eigenvalue weighted by Gasteiger charge is -2.04. The Morgan fingerprint density at radius 1 is 1.26 bits per heavy atom. The molecule has 0 bridgehead atoms. The number of hydrogen-bond donors (Lipinski definition) is 1. The van der Waals surface area contributed by atoms with E-state index in [1.807, 2.05) is 0 Å². The van der Waals surface area contributed by atoms with Crippen molar-refractivity contribution in [3.05, 3.63) is 46.6 Å². The second kappa shape index (κ2) is 5.97. The fourth-order valence-electron chi connectivity index (χ4n) is 1.88. The zero-order valence-corrected chi connectivity index (χ0v) is 12.0. The van der Waals surface area contributed by atoms with Gasteiger partial charge >= 0.3 is 0 Å². The molecule has 102 valence electrons. The van der Waals surface area contributed by atoms with Gasteiger partial charge in [0.15, 0.2) is 5.82 Å². The van der Waals surface area contributed by atoms with Gasteiger partial charge in [0.05, 0.1) is 13.0 Å². The maximum Gasteiger partial charge on any atom is 0.231 e. The molecule has 1 aromatic heterocycles. The number of benzene rings is 1. The molecule has 4 nitrogen and oxygen atoms in total. The van der Waals surface area contributed by atoms with Crippen LogP contribution in [0.1, 0.15) is 42.3 Å². The van der Waals surface area contributed by atoms with E-state index in [4.69, 9.17) is 4.52 Å². The summed E-state index contributed by atoms with van der Waals surface area (Å²) in [5.41, 5.74) is 3.75. The van der Waals surface area contributed by atoms with Gasteiger partial charge in [0.2, 0.25) is 5.89 Å². The molecule has 0 radical (unpaired) electrons. The molecule has 0 spiro atoms. The zero-order valence-electron chi connectivity index (χ0n) is 12.0. The van der Waals surface area contributed by atoms with Gasteiger partial charge in [0, 0.05) is 6.04 Å². The fraction of sp³-hybridized carbons (Fsp3) is 0.467. The Kier molecular flexibility index (Phi) is 4.32. The van der Waals surface area contributed by atoms with Crippen LogP contribution < -0.4 is 5.32 Å². The highest BCUT2D eigenvalue weighted by Gasteiger charge is 2.09. The van der Waals surface area contributed by atoms with Crippen molar-refractivity contribution in [1.82, 2.24) is 15.5 Å². The van der Waals surface area contributed by atoms with E-state index in [9.17, 15) is 0 Å². The van der Waals surface area contributed by atoms with Crippen molar-refractivity contribution in [2.75, 3.05) is 0 Å². The third kappa shape index (κ3) is 3.89. The molecule has 0 aliphatic carbocycles. The monoisotopic (exact) mass is 259 g/mol. The Morgan fingerprint density at radius 2 is 2.05 bits per heavy atom. The molecule has 0 atom stereocenters. The van der Waals surface area contributed by atoms with Crippen LogP contribution >= 0.6 is 0 Å². The predicted molar refractivity (Wildman–Crippen MR) is 75.0 cm³/mol. The fourth-order valence-corrected chi connectivity index (χ4v) is 1.88. The minimum Gasteiger partial charge on any atom is -0.339 e. The summed E-state index contributed by atoms with van der Waals surface area (Å²) in [4.78, 5) is 4.41. The normalized spacial score (nSPS) is 11.2. The molecular weight excluding hydrogens is 238 g/mol. The lowest BCUT2D eigenvalue weighted by atomic mass is 10.0. The summed E-state index contributed by atoms with van der Waals surface area (Å²) in [6.07, 6.45) is 0.697. The minimum absolute atomic E-state index is 0.418. The van der Waals surface area contributed by atoms with Crippen LogP contribution in [0.3, 0.4) is 0 Å². The second-order valence-electron chi connectivity index (χ2n) is 5.25. The molecule has 2 rings (SSSR count). The number of aromatic nitrogens is 2. The number of hydrogen-bond acceptors (Lipinski definition) is 4. The number of nitrogens with zero attached hydrogens (tertiary/aromatic N) is 2. The van der Waals surface area contributed by atoms with Crippen LogP contribution in [0.4, 0.5) is 0 Å². The average molecular weight is 259 g/mol. The van der Waals surface area contributed by atoms with Crippen LogP contribution in [0.15, 0.2) is 22.7 Å². The van der Waals surface area contributed by atoms with Gasteiger partial charge in [-0.15, -0.1) is 0 Å². The highest BCUT2D eigenvalue weighted by atomic mass is 16.5. The Balaban J connectivity index is 2.05. The molecule has 0 aliphatic rings. The van der Waals surface area contributed by atoms with Gasteiger partial charge < -0.3 is 9.84 Å². The molecule has 0 fully saturated rings. The third-order valence-corrected chi connectivity index (χ3v) is 3.02. The summed E-state index contributed by atoms with van der Waals surface area (Å²) in [5, 5.41) is 7.26. The van der Waals surface area contributed by atoms with Gasteiger partial charge in [-0.2, -0.15) is 4.98 Å². The van der Waals surface area contributed by atoms with E-state index in [1.165, 1.54) is 16.7 Å². The van der Waals surface area contributed by atoms with Gasteiger partial charge in [-0.3, -0.25) is 0 Å². The standard InChI is InChI=1S/C15H21N3O/c1-10(2)16-9-14-17-15(19-18-14)8-13-7-11(3)5-6-12(13)4/h5-7,10,16H,8-9H2,1-4H3. The first-order chi connectivity index (χ1) is 9.04.